The zero-order valence-corrected chi connectivity index (χ0v) is 17.7. The minimum Gasteiger partial charge on any atom is -0.370 e. The first-order valence-corrected chi connectivity index (χ1v) is 11.0. The molecule has 152 valence electrons. The Kier molecular flexibility index (Phi) is 8.19. The summed E-state index contributed by atoms with van der Waals surface area (Å²) < 4.78 is 0. The van der Waals surface area contributed by atoms with Crippen LogP contribution >= 0.6 is 11.8 Å². The lowest BCUT2D eigenvalue weighted by molar-refractivity contribution is 0.806. The zero-order valence-electron chi connectivity index (χ0n) is 16.8. The largest absolute Gasteiger partial charge is 0.370 e. The molecule has 0 aliphatic rings. The Morgan fingerprint density at radius 2 is 1.90 bits per heavy atom. The SMILES string of the molecule is Cc1ccc(C(SCCNC(N)=NCCCc2cnc[nH]2)c2ccccc2)cc1. The lowest BCUT2D eigenvalue weighted by Gasteiger charge is -2.18. The van der Waals surface area contributed by atoms with E-state index in [1.54, 1.807) is 6.33 Å². The van der Waals surface area contributed by atoms with E-state index in [0.29, 0.717) is 17.8 Å². The van der Waals surface area contributed by atoms with Crippen molar-refractivity contribution in [2.75, 3.05) is 18.8 Å². The van der Waals surface area contributed by atoms with Gasteiger partial charge in [-0.15, -0.1) is 11.8 Å². The van der Waals surface area contributed by atoms with Crippen molar-refractivity contribution in [2.24, 2.45) is 10.7 Å². The molecule has 0 aliphatic heterocycles. The molecule has 1 unspecified atom stereocenters. The molecule has 29 heavy (non-hydrogen) atoms. The van der Waals surface area contributed by atoms with Gasteiger partial charge in [0, 0.05) is 30.7 Å². The van der Waals surface area contributed by atoms with E-state index in [4.69, 9.17) is 5.73 Å². The van der Waals surface area contributed by atoms with Crippen molar-refractivity contribution in [1.29, 1.82) is 0 Å². The van der Waals surface area contributed by atoms with Gasteiger partial charge in [-0.1, -0.05) is 60.2 Å². The number of rotatable bonds is 10. The molecule has 0 saturated carbocycles. The molecule has 6 heteroatoms. The van der Waals surface area contributed by atoms with Gasteiger partial charge in [-0.3, -0.25) is 4.99 Å². The number of benzene rings is 2. The molecule has 0 spiro atoms. The van der Waals surface area contributed by atoms with Crippen molar-refractivity contribution in [2.45, 2.75) is 25.0 Å². The van der Waals surface area contributed by atoms with Gasteiger partial charge in [0.1, 0.15) is 0 Å². The Labute approximate surface area is 177 Å². The number of hydrogen-bond donors (Lipinski definition) is 3. The van der Waals surface area contributed by atoms with E-state index in [2.05, 4.69) is 81.8 Å². The first kappa shape index (κ1) is 21.0. The quantitative estimate of drug-likeness (QED) is 0.269. The third kappa shape index (κ3) is 6.98. The Bertz CT molecular complexity index is 860. The third-order valence-electron chi connectivity index (χ3n) is 4.62. The fourth-order valence-electron chi connectivity index (χ4n) is 3.06. The summed E-state index contributed by atoms with van der Waals surface area (Å²) in [6.45, 7) is 3.62. The van der Waals surface area contributed by atoms with Gasteiger partial charge in [0.25, 0.3) is 0 Å². The maximum absolute atomic E-state index is 6.00. The molecule has 0 saturated heterocycles. The van der Waals surface area contributed by atoms with E-state index >= 15 is 0 Å². The van der Waals surface area contributed by atoms with E-state index in [9.17, 15) is 0 Å². The Balaban J connectivity index is 1.45. The average Bonchev–Trinajstić information content (AvgIpc) is 3.26. The van der Waals surface area contributed by atoms with Gasteiger partial charge >= 0.3 is 0 Å². The first-order valence-electron chi connectivity index (χ1n) is 9.96. The number of nitrogens with zero attached hydrogens (tertiary/aromatic N) is 2. The molecule has 0 radical (unpaired) electrons. The van der Waals surface area contributed by atoms with Crippen LogP contribution in [0.15, 0.2) is 72.1 Å². The summed E-state index contributed by atoms with van der Waals surface area (Å²) in [6, 6.07) is 19.5. The van der Waals surface area contributed by atoms with Crippen molar-refractivity contribution in [3.63, 3.8) is 0 Å². The summed E-state index contributed by atoms with van der Waals surface area (Å²) in [5, 5.41) is 3.54. The van der Waals surface area contributed by atoms with Crippen LogP contribution in [-0.2, 0) is 6.42 Å². The minimum absolute atomic E-state index is 0.311. The smallest absolute Gasteiger partial charge is 0.188 e. The highest BCUT2D eigenvalue weighted by Crippen LogP contribution is 2.35. The Morgan fingerprint density at radius 1 is 1.14 bits per heavy atom. The van der Waals surface area contributed by atoms with Crippen LogP contribution in [0.4, 0.5) is 0 Å². The van der Waals surface area contributed by atoms with Crippen LogP contribution in [0.5, 0.6) is 0 Å². The van der Waals surface area contributed by atoms with Crippen LogP contribution < -0.4 is 11.1 Å². The molecular weight excluding hydrogens is 378 g/mol. The van der Waals surface area contributed by atoms with E-state index in [1.165, 1.54) is 16.7 Å². The number of imidazole rings is 1. The molecule has 2 aromatic carbocycles. The summed E-state index contributed by atoms with van der Waals surface area (Å²) in [4.78, 5) is 11.5. The summed E-state index contributed by atoms with van der Waals surface area (Å²) in [5.74, 6) is 1.46. The number of nitrogens with one attached hydrogen (secondary N) is 2. The van der Waals surface area contributed by atoms with Gasteiger partial charge in [-0.2, -0.15) is 0 Å². The maximum Gasteiger partial charge on any atom is 0.188 e. The average molecular weight is 408 g/mol. The van der Waals surface area contributed by atoms with Crippen molar-refractivity contribution >= 4 is 17.7 Å². The molecule has 3 rings (SSSR count). The van der Waals surface area contributed by atoms with Gasteiger partial charge in [0.15, 0.2) is 5.96 Å². The highest BCUT2D eigenvalue weighted by atomic mass is 32.2. The van der Waals surface area contributed by atoms with Crippen LogP contribution in [-0.4, -0.2) is 34.8 Å². The number of nitrogens with two attached hydrogens (primary N) is 1. The Hall–Kier alpha value is -2.73. The van der Waals surface area contributed by atoms with Crippen molar-refractivity contribution < 1.29 is 0 Å². The second-order valence-corrected chi connectivity index (χ2v) is 8.16. The predicted molar refractivity (Wildman–Crippen MR) is 123 cm³/mol. The number of hydrogen-bond acceptors (Lipinski definition) is 3. The van der Waals surface area contributed by atoms with E-state index < -0.39 is 0 Å². The van der Waals surface area contributed by atoms with Crippen molar-refractivity contribution in [3.8, 4) is 0 Å². The second-order valence-electron chi connectivity index (χ2n) is 6.95. The van der Waals surface area contributed by atoms with Crippen LogP contribution in [0.3, 0.4) is 0 Å². The van der Waals surface area contributed by atoms with Gasteiger partial charge in [-0.05, 0) is 30.9 Å². The number of aromatic nitrogens is 2. The molecule has 0 bridgehead atoms. The van der Waals surface area contributed by atoms with Gasteiger partial charge in [-0.25, -0.2) is 4.98 Å². The van der Waals surface area contributed by atoms with Crippen LogP contribution in [0.1, 0.15) is 34.1 Å². The summed E-state index contributed by atoms with van der Waals surface area (Å²) >= 11 is 1.92. The lowest BCUT2D eigenvalue weighted by Crippen LogP contribution is -2.33. The summed E-state index contributed by atoms with van der Waals surface area (Å²) in [7, 11) is 0. The van der Waals surface area contributed by atoms with Gasteiger partial charge in [0.2, 0.25) is 0 Å². The molecule has 0 amide bonds. The molecule has 0 fully saturated rings. The minimum atomic E-state index is 0.311. The molecule has 4 N–H and O–H groups in total. The van der Waals surface area contributed by atoms with E-state index in [-0.39, 0.29) is 0 Å². The number of thioether (sulfide) groups is 1. The molecular formula is C23H29N5S. The molecule has 0 aliphatic carbocycles. The molecule has 3 aromatic rings. The molecule has 1 atom stereocenters. The monoisotopic (exact) mass is 407 g/mol. The number of aliphatic imine (C=N–C) groups is 1. The van der Waals surface area contributed by atoms with Crippen LogP contribution in [0.2, 0.25) is 0 Å². The number of H-pyrrole nitrogens is 1. The van der Waals surface area contributed by atoms with Crippen molar-refractivity contribution in [3.05, 3.63) is 89.5 Å². The fourth-order valence-corrected chi connectivity index (χ4v) is 4.21. The summed E-state index contributed by atoms with van der Waals surface area (Å²) in [5.41, 5.74) is 11.1. The van der Waals surface area contributed by atoms with Crippen LogP contribution in [0.25, 0.3) is 0 Å². The third-order valence-corrected chi connectivity index (χ3v) is 5.93. The summed E-state index contributed by atoms with van der Waals surface area (Å²) in [6.07, 6.45) is 5.43. The first-order chi connectivity index (χ1) is 14.2. The topological polar surface area (TPSA) is 79.1 Å². The van der Waals surface area contributed by atoms with Gasteiger partial charge < -0.3 is 16.0 Å². The maximum atomic E-state index is 6.00. The second kappa shape index (κ2) is 11.3. The molecule has 1 aromatic heterocycles. The Morgan fingerprint density at radius 3 is 2.62 bits per heavy atom. The number of aromatic amines is 1. The highest BCUT2D eigenvalue weighted by Gasteiger charge is 2.14. The zero-order chi connectivity index (χ0) is 20.3. The number of guanidine groups is 1. The van der Waals surface area contributed by atoms with Crippen LogP contribution in [0, 0.1) is 6.92 Å². The van der Waals surface area contributed by atoms with Gasteiger partial charge in [0.05, 0.1) is 11.6 Å². The lowest BCUT2D eigenvalue weighted by atomic mass is 10.0. The highest BCUT2D eigenvalue weighted by molar-refractivity contribution is 7.99. The molecule has 1 heterocycles. The normalized spacial score (nSPS) is 12.7. The molecule has 5 nitrogen and oxygen atoms in total. The predicted octanol–water partition coefficient (Wildman–Crippen LogP) is 4.08. The van der Waals surface area contributed by atoms with E-state index in [0.717, 1.165) is 30.8 Å². The standard InChI is InChI=1S/C23H29N5S/c1-18-9-11-20(12-10-18)22(19-6-3-2-4-7-19)29-15-14-27-23(24)26-13-5-8-21-16-25-17-28-21/h2-4,6-7,9-12,16-17,22H,5,8,13-15H2,1H3,(H,25,28)(H3,24,26,27). The fraction of sp³-hybridized carbons (Fsp3) is 0.304. The van der Waals surface area contributed by atoms with E-state index in [1.807, 2.05) is 18.0 Å². The number of aryl methyl sites for hydroxylation is 2. The van der Waals surface area contributed by atoms with Crippen molar-refractivity contribution in [1.82, 2.24) is 15.3 Å².